The summed E-state index contributed by atoms with van der Waals surface area (Å²) in [7, 11) is 0. The lowest BCUT2D eigenvalue weighted by Gasteiger charge is -2.32. The Hall–Kier alpha value is -5.34. The van der Waals surface area contributed by atoms with Crippen molar-refractivity contribution >= 4 is 29.0 Å². The molecule has 0 saturated carbocycles. The van der Waals surface area contributed by atoms with Gasteiger partial charge in [0.05, 0.1) is 5.56 Å². The summed E-state index contributed by atoms with van der Waals surface area (Å²) in [5, 5.41) is 6.23. The topological polar surface area (TPSA) is 157 Å². The number of aryl methyl sites for hydroxylation is 1. The highest BCUT2D eigenvalue weighted by atomic mass is 19.4. The number of imidazole rings is 1. The largest absolute Gasteiger partial charge is 0.416 e. The van der Waals surface area contributed by atoms with Gasteiger partial charge in [-0.2, -0.15) is 18.2 Å². The van der Waals surface area contributed by atoms with E-state index in [1.807, 2.05) is 16.2 Å². The lowest BCUT2D eigenvalue weighted by atomic mass is 9.96. The Morgan fingerprint density at radius 1 is 1.13 bits per heavy atom. The van der Waals surface area contributed by atoms with E-state index >= 15 is 0 Å². The minimum Gasteiger partial charge on any atom is -0.382 e. The van der Waals surface area contributed by atoms with E-state index in [4.69, 9.17) is 15.2 Å². The first-order valence-electron chi connectivity index (χ1n) is 14.6. The Kier molecular flexibility index (Phi) is 8.15. The SMILES string of the molecule is Cc1noc([C@@H](C)CC(=O)N2CCC[C@@H](c3nc(-c4ccc(C(=O)Nc5cc(C(F)(F)F)ccn5)cc4)c4c(N)nccn34)C2)n1. The van der Waals surface area contributed by atoms with Crippen LogP contribution in [0.1, 0.15) is 71.5 Å². The molecule has 4 aromatic heterocycles. The number of rotatable bonds is 7. The van der Waals surface area contributed by atoms with Crippen LogP contribution >= 0.6 is 0 Å². The van der Waals surface area contributed by atoms with Gasteiger partial charge in [-0.1, -0.05) is 24.2 Å². The summed E-state index contributed by atoms with van der Waals surface area (Å²) >= 11 is 0. The maximum Gasteiger partial charge on any atom is 0.416 e. The summed E-state index contributed by atoms with van der Waals surface area (Å²) < 4.78 is 46.3. The first kappa shape index (κ1) is 30.7. The number of halogens is 3. The normalized spacial score (nSPS) is 16.0. The van der Waals surface area contributed by atoms with Crippen molar-refractivity contribution in [3.05, 3.63) is 83.7 Å². The summed E-state index contributed by atoms with van der Waals surface area (Å²) in [4.78, 5) is 45.2. The molecule has 1 aliphatic heterocycles. The van der Waals surface area contributed by atoms with Crippen molar-refractivity contribution in [2.24, 2.45) is 0 Å². The summed E-state index contributed by atoms with van der Waals surface area (Å²) in [6, 6.07) is 8.06. The fourth-order valence-corrected chi connectivity index (χ4v) is 5.63. The fraction of sp³-hybridized carbons (Fsp3) is 0.323. The van der Waals surface area contributed by atoms with Crippen LogP contribution in [0.3, 0.4) is 0 Å². The average molecular weight is 634 g/mol. The zero-order valence-corrected chi connectivity index (χ0v) is 25.0. The maximum atomic E-state index is 13.3. The van der Waals surface area contributed by atoms with Gasteiger partial charge >= 0.3 is 6.18 Å². The van der Waals surface area contributed by atoms with Crippen LogP contribution in [0.15, 0.2) is 59.5 Å². The zero-order chi connectivity index (χ0) is 32.6. The lowest BCUT2D eigenvalue weighted by Crippen LogP contribution is -2.40. The molecule has 5 aromatic rings. The van der Waals surface area contributed by atoms with Gasteiger partial charge in [0, 0.05) is 61.1 Å². The number of nitrogens with one attached hydrogen (secondary N) is 1. The number of nitrogens with zero attached hydrogens (tertiary/aromatic N) is 7. The van der Waals surface area contributed by atoms with E-state index in [9.17, 15) is 22.8 Å². The van der Waals surface area contributed by atoms with Crippen LogP contribution in [-0.2, 0) is 11.0 Å². The van der Waals surface area contributed by atoms with Gasteiger partial charge in [0.2, 0.25) is 11.8 Å². The number of nitrogens with two attached hydrogens (primary N) is 1. The zero-order valence-electron chi connectivity index (χ0n) is 25.0. The number of benzene rings is 1. The Bertz CT molecular complexity index is 1900. The number of likely N-dealkylation sites (tertiary alicyclic amines) is 1. The molecule has 1 saturated heterocycles. The van der Waals surface area contributed by atoms with Crippen molar-refractivity contribution in [3.8, 4) is 11.3 Å². The minimum absolute atomic E-state index is 0.00971. The number of alkyl halides is 3. The third-order valence-corrected chi connectivity index (χ3v) is 7.94. The van der Waals surface area contributed by atoms with Crippen molar-refractivity contribution in [1.29, 1.82) is 0 Å². The molecule has 12 nitrogen and oxygen atoms in total. The second-order valence-corrected chi connectivity index (χ2v) is 11.3. The molecule has 0 unspecified atom stereocenters. The number of carbonyl (C=O) groups is 2. The number of nitrogen functional groups attached to an aromatic ring is 1. The summed E-state index contributed by atoms with van der Waals surface area (Å²) in [6.45, 7) is 4.71. The standard InChI is InChI=1S/C31H30F3N9O3/c1-17(30-38-18(2)41-46-30)14-24(44)42-12-3-4-21(16-42)28-40-25(26-27(35)37-11-13-43(26)28)19-5-7-20(8-6-19)29(45)39-23-15-22(9-10-36-23)31(32,33)34/h5-11,13,15,17,21H,3-4,12,14,16H2,1-2H3,(H2,35,37)(H,36,39,45)/t17-,21+/m0/s1. The number of amides is 2. The molecule has 0 radical (unpaired) electrons. The molecular formula is C31H30F3N9O3. The predicted octanol–water partition coefficient (Wildman–Crippen LogP) is 5.24. The maximum absolute atomic E-state index is 13.3. The highest BCUT2D eigenvalue weighted by Crippen LogP contribution is 2.35. The Morgan fingerprint density at radius 3 is 2.63 bits per heavy atom. The molecule has 6 rings (SSSR count). The molecule has 0 aliphatic carbocycles. The third-order valence-electron chi connectivity index (χ3n) is 7.94. The predicted molar refractivity (Wildman–Crippen MR) is 161 cm³/mol. The van der Waals surface area contributed by atoms with Gasteiger partial charge in [0.15, 0.2) is 5.82 Å². The van der Waals surface area contributed by atoms with Gasteiger partial charge in [-0.15, -0.1) is 0 Å². The number of piperidine rings is 1. The molecule has 0 spiro atoms. The smallest absolute Gasteiger partial charge is 0.382 e. The van der Waals surface area contributed by atoms with Crippen LogP contribution in [0, 0.1) is 6.92 Å². The van der Waals surface area contributed by atoms with E-state index in [1.165, 1.54) is 0 Å². The number of hydrogen-bond acceptors (Lipinski definition) is 9. The molecule has 0 bridgehead atoms. The number of aromatic nitrogens is 6. The van der Waals surface area contributed by atoms with Crippen molar-refractivity contribution in [2.75, 3.05) is 24.1 Å². The van der Waals surface area contributed by atoms with E-state index < -0.39 is 17.6 Å². The monoisotopic (exact) mass is 633 g/mol. The Balaban J connectivity index is 1.22. The molecule has 3 N–H and O–H groups in total. The first-order valence-corrected chi connectivity index (χ1v) is 14.6. The van der Waals surface area contributed by atoms with Crippen molar-refractivity contribution in [1.82, 2.24) is 34.4 Å². The van der Waals surface area contributed by atoms with Crippen molar-refractivity contribution in [2.45, 2.75) is 51.1 Å². The quantitative estimate of drug-likeness (QED) is 0.245. The number of hydrogen-bond donors (Lipinski definition) is 2. The van der Waals surface area contributed by atoms with Gasteiger partial charge in [-0.05, 0) is 44.0 Å². The number of carbonyl (C=O) groups excluding carboxylic acids is 2. The van der Waals surface area contributed by atoms with E-state index in [0.29, 0.717) is 41.6 Å². The summed E-state index contributed by atoms with van der Waals surface area (Å²) in [6.07, 6.45) is 1.63. The third kappa shape index (κ3) is 6.25. The summed E-state index contributed by atoms with van der Waals surface area (Å²) in [5.74, 6) is 0.810. The van der Waals surface area contributed by atoms with Gasteiger partial charge in [0.25, 0.3) is 5.91 Å². The Labute approximate surface area is 260 Å². The van der Waals surface area contributed by atoms with Crippen molar-refractivity contribution in [3.63, 3.8) is 0 Å². The van der Waals surface area contributed by atoms with Crippen LogP contribution < -0.4 is 11.1 Å². The van der Waals surface area contributed by atoms with Crippen molar-refractivity contribution < 1.29 is 27.3 Å². The van der Waals surface area contributed by atoms with Crippen LogP contribution in [0.4, 0.5) is 24.8 Å². The van der Waals surface area contributed by atoms with Gasteiger partial charge in [-0.3, -0.25) is 14.0 Å². The van der Waals surface area contributed by atoms with Crippen LogP contribution in [0.25, 0.3) is 16.8 Å². The molecule has 5 heterocycles. The number of fused-ring (bicyclic) bond motifs is 1. The number of pyridine rings is 1. The molecule has 15 heteroatoms. The molecule has 238 valence electrons. The minimum atomic E-state index is -4.56. The summed E-state index contributed by atoms with van der Waals surface area (Å²) in [5.41, 5.74) is 7.42. The second kappa shape index (κ2) is 12.2. The van der Waals surface area contributed by atoms with Gasteiger partial charge in [0.1, 0.15) is 28.7 Å². The average Bonchev–Trinajstić information content (AvgIpc) is 3.66. The van der Waals surface area contributed by atoms with E-state index in [2.05, 4.69) is 25.4 Å². The molecule has 1 aliphatic rings. The highest BCUT2D eigenvalue weighted by Gasteiger charge is 2.32. The second-order valence-electron chi connectivity index (χ2n) is 11.3. The molecule has 2 amide bonds. The number of anilines is 2. The van der Waals surface area contributed by atoms with E-state index in [-0.39, 0.29) is 41.4 Å². The van der Waals surface area contributed by atoms with Gasteiger partial charge in [-0.25, -0.2) is 15.0 Å². The van der Waals surface area contributed by atoms with E-state index in [1.54, 1.807) is 43.6 Å². The fourth-order valence-electron chi connectivity index (χ4n) is 5.63. The first-order chi connectivity index (χ1) is 22.0. The highest BCUT2D eigenvalue weighted by molar-refractivity contribution is 6.04. The van der Waals surface area contributed by atoms with E-state index in [0.717, 1.165) is 37.0 Å². The van der Waals surface area contributed by atoms with Crippen LogP contribution in [0.5, 0.6) is 0 Å². The molecule has 46 heavy (non-hydrogen) atoms. The van der Waals surface area contributed by atoms with Gasteiger partial charge < -0.3 is 20.5 Å². The molecular weight excluding hydrogens is 603 g/mol. The molecule has 1 fully saturated rings. The molecule has 1 aromatic carbocycles. The van der Waals surface area contributed by atoms with Crippen LogP contribution in [0.2, 0.25) is 0 Å². The van der Waals surface area contributed by atoms with Crippen LogP contribution in [-0.4, -0.2) is 59.3 Å². The lowest BCUT2D eigenvalue weighted by molar-refractivity contribution is -0.137. The molecule has 2 atom stereocenters. The Morgan fingerprint density at radius 2 is 1.91 bits per heavy atom.